The van der Waals surface area contributed by atoms with Gasteiger partial charge in [-0.3, -0.25) is 9.69 Å². The molecular weight excluding hydrogens is 304 g/mol. The Kier molecular flexibility index (Phi) is 4.78. The van der Waals surface area contributed by atoms with Crippen LogP contribution in [0.15, 0.2) is 24.3 Å². The number of urea groups is 1. The van der Waals surface area contributed by atoms with Gasteiger partial charge in [0, 0.05) is 0 Å². The van der Waals surface area contributed by atoms with Gasteiger partial charge in [-0.15, -0.1) is 0 Å². The molecule has 0 radical (unpaired) electrons. The summed E-state index contributed by atoms with van der Waals surface area (Å²) in [5.74, 6) is 1.33. The molecule has 0 unspecified atom stereocenters. The van der Waals surface area contributed by atoms with Crippen molar-refractivity contribution in [2.75, 3.05) is 13.2 Å². The highest BCUT2D eigenvalue weighted by molar-refractivity contribution is 6.07. The van der Waals surface area contributed by atoms with Gasteiger partial charge in [0.05, 0.1) is 6.54 Å². The Morgan fingerprint density at radius 2 is 2.04 bits per heavy atom. The molecule has 1 aromatic rings. The van der Waals surface area contributed by atoms with Crippen molar-refractivity contribution >= 4 is 11.9 Å². The molecule has 1 aliphatic heterocycles. The molecule has 1 saturated carbocycles. The molecule has 3 rings (SSSR count). The third kappa shape index (κ3) is 3.25. The van der Waals surface area contributed by atoms with Crippen molar-refractivity contribution in [2.24, 2.45) is 5.92 Å². The first-order valence-electron chi connectivity index (χ1n) is 8.90. The van der Waals surface area contributed by atoms with Crippen molar-refractivity contribution in [2.45, 2.75) is 51.5 Å². The molecule has 3 amide bonds. The molecule has 1 aliphatic carbocycles. The minimum Gasteiger partial charge on any atom is -0.492 e. The minimum absolute atomic E-state index is 0.0784. The van der Waals surface area contributed by atoms with E-state index in [-0.39, 0.29) is 11.9 Å². The molecule has 2 aliphatic rings. The Hall–Kier alpha value is -2.04. The lowest BCUT2D eigenvalue weighted by molar-refractivity contribution is -0.132. The van der Waals surface area contributed by atoms with E-state index in [1.807, 2.05) is 18.2 Å². The Labute approximate surface area is 143 Å². The summed E-state index contributed by atoms with van der Waals surface area (Å²) in [4.78, 5) is 26.3. The monoisotopic (exact) mass is 330 g/mol. The summed E-state index contributed by atoms with van der Waals surface area (Å²) in [5.41, 5.74) is 0.545. The summed E-state index contributed by atoms with van der Waals surface area (Å²) in [6, 6.07) is 7.63. The van der Waals surface area contributed by atoms with E-state index >= 15 is 0 Å². The lowest BCUT2D eigenvalue weighted by atomic mass is 9.77. The minimum atomic E-state index is -0.661. The van der Waals surface area contributed by atoms with Crippen LogP contribution in [0.5, 0.6) is 5.75 Å². The van der Waals surface area contributed by atoms with Crippen LogP contribution in [0.3, 0.4) is 0 Å². The van der Waals surface area contributed by atoms with Crippen molar-refractivity contribution in [3.8, 4) is 5.75 Å². The van der Waals surface area contributed by atoms with Crippen LogP contribution in [0, 0.1) is 5.92 Å². The molecule has 1 N–H and O–H groups in total. The van der Waals surface area contributed by atoms with Gasteiger partial charge in [0.2, 0.25) is 0 Å². The summed E-state index contributed by atoms with van der Waals surface area (Å²) < 4.78 is 5.73. The summed E-state index contributed by atoms with van der Waals surface area (Å²) in [5, 5.41) is 2.94. The number of carbonyl (C=O) groups is 2. The van der Waals surface area contributed by atoms with E-state index in [4.69, 9.17) is 4.74 Å². The summed E-state index contributed by atoms with van der Waals surface area (Å²) in [6.45, 7) is 4.90. The zero-order valence-corrected chi connectivity index (χ0v) is 14.5. The van der Waals surface area contributed by atoms with Gasteiger partial charge in [-0.2, -0.15) is 0 Å². The van der Waals surface area contributed by atoms with Crippen molar-refractivity contribution in [3.05, 3.63) is 29.8 Å². The van der Waals surface area contributed by atoms with Gasteiger partial charge in [0.15, 0.2) is 0 Å². The number of amides is 3. The second-order valence-corrected chi connectivity index (χ2v) is 7.00. The van der Waals surface area contributed by atoms with Gasteiger partial charge in [0.25, 0.3) is 5.91 Å². The normalized spacial score (nSPS) is 26.8. The smallest absolute Gasteiger partial charge is 0.325 e. The highest BCUT2D eigenvalue weighted by Gasteiger charge is 2.51. The Morgan fingerprint density at radius 1 is 1.29 bits per heavy atom. The lowest BCUT2D eigenvalue weighted by Gasteiger charge is -2.33. The fourth-order valence-electron chi connectivity index (χ4n) is 3.58. The van der Waals surface area contributed by atoms with Crippen molar-refractivity contribution in [1.29, 1.82) is 0 Å². The largest absolute Gasteiger partial charge is 0.492 e. The van der Waals surface area contributed by atoms with Gasteiger partial charge >= 0.3 is 6.03 Å². The molecule has 2 fully saturated rings. The van der Waals surface area contributed by atoms with Crippen LogP contribution in [-0.2, 0) is 11.2 Å². The number of imide groups is 1. The quantitative estimate of drug-likeness (QED) is 0.844. The number of benzene rings is 1. The molecule has 1 heterocycles. The fraction of sp³-hybridized carbons (Fsp3) is 0.579. The third-order valence-corrected chi connectivity index (χ3v) is 5.26. The molecule has 0 aromatic heterocycles. The van der Waals surface area contributed by atoms with Crippen LogP contribution in [0.2, 0.25) is 0 Å². The van der Waals surface area contributed by atoms with Gasteiger partial charge < -0.3 is 10.1 Å². The van der Waals surface area contributed by atoms with E-state index in [2.05, 4.69) is 25.2 Å². The highest BCUT2D eigenvalue weighted by Crippen LogP contribution is 2.36. The number of nitrogens with zero attached hydrogens (tertiary/aromatic N) is 1. The number of carbonyl (C=O) groups excluding carboxylic acids is 2. The van der Waals surface area contributed by atoms with E-state index in [0.717, 1.165) is 37.9 Å². The lowest BCUT2D eigenvalue weighted by Crippen LogP contribution is -2.49. The number of hydrogen-bond acceptors (Lipinski definition) is 3. The van der Waals surface area contributed by atoms with Crippen molar-refractivity contribution in [1.82, 2.24) is 10.2 Å². The van der Waals surface area contributed by atoms with Crippen LogP contribution < -0.4 is 10.1 Å². The van der Waals surface area contributed by atoms with E-state index in [1.165, 1.54) is 10.5 Å². The van der Waals surface area contributed by atoms with Crippen LogP contribution in [0.25, 0.3) is 0 Å². The Bertz CT molecular complexity index is 621. The number of nitrogens with one attached hydrogen (secondary N) is 1. The van der Waals surface area contributed by atoms with Crippen LogP contribution in [0.1, 0.15) is 45.1 Å². The molecule has 5 heteroatoms. The molecule has 1 aromatic carbocycles. The third-order valence-electron chi connectivity index (χ3n) is 5.26. The molecule has 24 heavy (non-hydrogen) atoms. The van der Waals surface area contributed by atoms with E-state index in [1.54, 1.807) is 0 Å². The molecule has 5 nitrogen and oxygen atoms in total. The van der Waals surface area contributed by atoms with Gasteiger partial charge in [-0.25, -0.2) is 4.79 Å². The second kappa shape index (κ2) is 6.83. The molecule has 130 valence electrons. The molecule has 1 saturated heterocycles. The number of aryl methyl sites for hydroxylation is 1. The SMILES string of the molecule is CCc1cccc(OCCN2C(=O)NC3(CCC(C)CC3)C2=O)c1. The van der Waals surface area contributed by atoms with Crippen LogP contribution >= 0.6 is 0 Å². The number of rotatable bonds is 5. The van der Waals surface area contributed by atoms with E-state index in [9.17, 15) is 9.59 Å². The fourth-order valence-corrected chi connectivity index (χ4v) is 3.58. The standard InChI is InChI=1S/C19H26N2O3/c1-3-15-5-4-6-16(13-15)24-12-11-21-17(22)19(20-18(21)23)9-7-14(2)8-10-19/h4-6,13-14H,3,7-12H2,1-2H3,(H,20,23). The van der Waals surface area contributed by atoms with Crippen molar-refractivity contribution < 1.29 is 14.3 Å². The summed E-state index contributed by atoms with van der Waals surface area (Å²) >= 11 is 0. The first kappa shape index (κ1) is 16.8. The second-order valence-electron chi connectivity index (χ2n) is 7.00. The topological polar surface area (TPSA) is 58.6 Å². The molecule has 1 spiro atoms. The first-order chi connectivity index (χ1) is 11.5. The molecular formula is C19H26N2O3. The highest BCUT2D eigenvalue weighted by atomic mass is 16.5. The van der Waals surface area contributed by atoms with Crippen LogP contribution in [-0.4, -0.2) is 35.5 Å². The van der Waals surface area contributed by atoms with E-state index < -0.39 is 5.54 Å². The predicted octanol–water partition coefficient (Wildman–Crippen LogP) is 3.13. The molecule has 0 atom stereocenters. The van der Waals surface area contributed by atoms with Gasteiger partial charge in [0.1, 0.15) is 17.9 Å². The average molecular weight is 330 g/mol. The summed E-state index contributed by atoms with van der Waals surface area (Å²) in [6.07, 6.45) is 4.41. The average Bonchev–Trinajstić information content (AvgIpc) is 2.82. The van der Waals surface area contributed by atoms with Crippen LogP contribution in [0.4, 0.5) is 4.79 Å². The Morgan fingerprint density at radius 3 is 2.75 bits per heavy atom. The number of ether oxygens (including phenoxy) is 1. The van der Waals surface area contributed by atoms with Gasteiger partial charge in [-0.05, 0) is 55.7 Å². The zero-order chi connectivity index (χ0) is 17.2. The Balaban J connectivity index is 1.57. The molecule has 0 bridgehead atoms. The number of hydrogen-bond donors (Lipinski definition) is 1. The summed E-state index contributed by atoms with van der Waals surface area (Å²) in [7, 11) is 0. The predicted molar refractivity (Wildman–Crippen MR) is 91.9 cm³/mol. The van der Waals surface area contributed by atoms with Crippen molar-refractivity contribution in [3.63, 3.8) is 0 Å². The maximum atomic E-state index is 12.7. The maximum Gasteiger partial charge on any atom is 0.325 e. The first-order valence-corrected chi connectivity index (χ1v) is 8.90. The maximum absolute atomic E-state index is 12.7. The van der Waals surface area contributed by atoms with E-state index in [0.29, 0.717) is 19.1 Å². The zero-order valence-electron chi connectivity index (χ0n) is 14.5. The van der Waals surface area contributed by atoms with Gasteiger partial charge in [-0.1, -0.05) is 26.0 Å².